The monoisotopic (exact) mass is 318 g/mol. The van der Waals surface area contributed by atoms with E-state index in [0.717, 1.165) is 0 Å². The van der Waals surface area contributed by atoms with Crippen molar-refractivity contribution in [3.63, 3.8) is 0 Å². The van der Waals surface area contributed by atoms with Crippen LogP contribution in [-0.2, 0) is 4.79 Å². The lowest BCUT2D eigenvalue weighted by Crippen LogP contribution is -2.33. The highest BCUT2D eigenvalue weighted by atomic mass is 19.1. The van der Waals surface area contributed by atoms with E-state index < -0.39 is 0 Å². The van der Waals surface area contributed by atoms with Crippen LogP contribution in [0.1, 0.15) is 13.8 Å². The number of hydrogen-bond acceptors (Lipinski definition) is 5. The summed E-state index contributed by atoms with van der Waals surface area (Å²) >= 11 is 0. The van der Waals surface area contributed by atoms with E-state index in [0.29, 0.717) is 37.1 Å². The zero-order valence-electron chi connectivity index (χ0n) is 13.1. The standard InChI is InChI=1S/C16H19FN4O2/c1-3-21(12(2)22)9-8-19-15-10-18-11-16(20-15)23-14-6-4-13(17)5-7-14/h4-7,10-11H,3,8-9H2,1-2H3,(H,19,20). The van der Waals surface area contributed by atoms with Crippen molar-refractivity contribution in [3.05, 3.63) is 42.5 Å². The molecule has 0 atom stereocenters. The smallest absolute Gasteiger partial charge is 0.239 e. The maximum atomic E-state index is 12.9. The van der Waals surface area contributed by atoms with E-state index in [2.05, 4.69) is 15.3 Å². The van der Waals surface area contributed by atoms with Crippen molar-refractivity contribution in [2.45, 2.75) is 13.8 Å². The minimum Gasteiger partial charge on any atom is -0.437 e. The highest BCUT2D eigenvalue weighted by Gasteiger charge is 2.06. The fourth-order valence-electron chi connectivity index (χ4n) is 1.96. The molecule has 0 spiro atoms. The summed E-state index contributed by atoms with van der Waals surface area (Å²) in [5, 5.41) is 3.09. The summed E-state index contributed by atoms with van der Waals surface area (Å²) in [5.74, 6) is 1.04. The molecule has 0 unspecified atom stereocenters. The van der Waals surface area contributed by atoms with Crippen LogP contribution < -0.4 is 10.1 Å². The van der Waals surface area contributed by atoms with Gasteiger partial charge in [0.2, 0.25) is 11.8 Å². The minimum atomic E-state index is -0.329. The van der Waals surface area contributed by atoms with Crippen LogP contribution >= 0.6 is 0 Å². The second-order valence-electron chi connectivity index (χ2n) is 4.82. The Bertz CT molecular complexity index is 649. The third-order valence-corrected chi connectivity index (χ3v) is 3.16. The van der Waals surface area contributed by atoms with Crippen molar-refractivity contribution in [2.75, 3.05) is 25.0 Å². The van der Waals surface area contributed by atoms with Gasteiger partial charge in [-0.2, -0.15) is 4.98 Å². The summed E-state index contributed by atoms with van der Waals surface area (Å²) in [6.45, 7) is 5.27. The Labute approximate surface area is 134 Å². The number of carbonyl (C=O) groups excluding carboxylic acids is 1. The molecule has 1 aromatic carbocycles. The van der Waals surface area contributed by atoms with Gasteiger partial charge in [-0.25, -0.2) is 4.39 Å². The Morgan fingerprint density at radius 1 is 1.30 bits per heavy atom. The SMILES string of the molecule is CCN(CCNc1cncc(Oc2ccc(F)cc2)n1)C(C)=O. The molecule has 6 nitrogen and oxygen atoms in total. The molecule has 0 radical (unpaired) electrons. The number of amides is 1. The third kappa shape index (κ3) is 5.21. The van der Waals surface area contributed by atoms with E-state index in [9.17, 15) is 9.18 Å². The van der Waals surface area contributed by atoms with Crippen LogP contribution in [0.2, 0.25) is 0 Å². The number of benzene rings is 1. The fourth-order valence-corrected chi connectivity index (χ4v) is 1.96. The van der Waals surface area contributed by atoms with Gasteiger partial charge in [0.05, 0.1) is 12.4 Å². The lowest BCUT2D eigenvalue weighted by Gasteiger charge is -2.19. The molecule has 122 valence electrons. The fraction of sp³-hybridized carbons (Fsp3) is 0.312. The van der Waals surface area contributed by atoms with Crippen LogP contribution in [0.5, 0.6) is 11.6 Å². The zero-order valence-corrected chi connectivity index (χ0v) is 13.1. The predicted octanol–water partition coefficient (Wildman–Crippen LogP) is 2.69. The van der Waals surface area contributed by atoms with Gasteiger partial charge in [-0.15, -0.1) is 0 Å². The summed E-state index contributed by atoms with van der Waals surface area (Å²) in [4.78, 5) is 21.4. The zero-order chi connectivity index (χ0) is 16.7. The Morgan fingerprint density at radius 2 is 2.04 bits per heavy atom. The quantitative estimate of drug-likeness (QED) is 0.850. The highest BCUT2D eigenvalue weighted by Crippen LogP contribution is 2.19. The normalized spacial score (nSPS) is 10.2. The van der Waals surface area contributed by atoms with E-state index in [1.807, 2.05) is 6.92 Å². The van der Waals surface area contributed by atoms with Crippen molar-refractivity contribution in [1.29, 1.82) is 0 Å². The van der Waals surface area contributed by atoms with Crippen molar-refractivity contribution in [1.82, 2.24) is 14.9 Å². The van der Waals surface area contributed by atoms with Crippen LogP contribution in [0.3, 0.4) is 0 Å². The van der Waals surface area contributed by atoms with Crippen molar-refractivity contribution < 1.29 is 13.9 Å². The van der Waals surface area contributed by atoms with Gasteiger partial charge in [0, 0.05) is 26.6 Å². The van der Waals surface area contributed by atoms with Gasteiger partial charge in [-0.05, 0) is 31.2 Å². The van der Waals surface area contributed by atoms with Crippen molar-refractivity contribution in [3.8, 4) is 11.6 Å². The van der Waals surface area contributed by atoms with E-state index >= 15 is 0 Å². The lowest BCUT2D eigenvalue weighted by atomic mass is 10.3. The van der Waals surface area contributed by atoms with Crippen LogP contribution in [0.15, 0.2) is 36.7 Å². The molecule has 2 aromatic rings. The number of ether oxygens (including phenoxy) is 1. The molecule has 0 aliphatic heterocycles. The van der Waals surface area contributed by atoms with Crippen molar-refractivity contribution in [2.24, 2.45) is 0 Å². The summed E-state index contributed by atoms with van der Waals surface area (Å²) < 4.78 is 18.4. The first-order valence-corrected chi connectivity index (χ1v) is 7.33. The number of nitrogens with zero attached hydrogens (tertiary/aromatic N) is 3. The number of nitrogens with one attached hydrogen (secondary N) is 1. The van der Waals surface area contributed by atoms with Crippen LogP contribution in [-0.4, -0.2) is 40.4 Å². The average molecular weight is 318 g/mol. The van der Waals surface area contributed by atoms with Crippen LogP contribution in [0.25, 0.3) is 0 Å². The first-order valence-electron chi connectivity index (χ1n) is 7.33. The Balaban J connectivity index is 1.91. The predicted molar refractivity (Wildman–Crippen MR) is 84.9 cm³/mol. The van der Waals surface area contributed by atoms with E-state index in [4.69, 9.17) is 4.74 Å². The summed E-state index contributed by atoms with van der Waals surface area (Å²) in [7, 11) is 0. The lowest BCUT2D eigenvalue weighted by molar-refractivity contribution is -0.128. The molecule has 0 bridgehead atoms. The van der Waals surface area contributed by atoms with Gasteiger partial charge in [-0.1, -0.05) is 0 Å². The minimum absolute atomic E-state index is 0.0359. The molecule has 7 heteroatoms. The molecular formula is C16H19FN4O2. The molecule has 0 saturated carbocycles. The number of hydrogen-bond donors (Lipinski definition) is 1. The molecule has 0 fully saturated rings. The maximum Gasteiger partial charge on any atom is 0.239 e. The first kappa shape index (κ1) is 16.7. The topological polar surface area (TPSA) is 67.3 Å². The first-order chi connectivity index (χ1) is 11.1. The van der Waals surface area contributed by atoms with Gasteiger partial charge >= 0.3 is 0 Å². The largest absolute Gasteiger partial charge is 0.437 e. The average Bonchev–Trinajstić information content (AvgIpc) is 2.54. The second-order valence-corrected chi connectivity index (χ2v) is 4.82. The van der Waals surface area contributed by atoms with Crippen LogP contribution in [0, 0.1) is 5.82 Å². The third-order valence-electron chi connectivity index (χ3n) is 3.16. The van der Waals surface area contributed by atoms with Crippen LogP contribution in [0.4, 0.5) is 10.2 Å². The number of rotatable bonds is 7. The van der Waals surface area contributed by atoms with Gasteiger partial charge in [-0.3, -0.25) is 9.78 Å². The molecule has 1 amide bonds. The summed E-state index contributed by atoms with van der Waals surface area (Å²) in [5.41, 5.74) is 0. The van der Waals surface area contributed by atoms with E-state index in [-0.39, 0.29) is 11.7 Å². The molecule has 23 heavy (non-hydrogen) atoms. The van der Waals surface area contributed by atoms with Crippen molar-refractivity contribution >= 4 is 11.7 Å². The molecule has 0 aliphatic rings. The van der Waals surface area contributed by atoms with E-state index in [1.165, 1.54) is 30.5 Å². The summed E-state index contributed by atoms with van der Waals surface area (Å²) in [6.07, 6.45) is 3.05. The number of aromatic nitrogens is 2. The summed E-state index contributed by atoms with van der Waals surface area (Å²) in [6, 6.07) is 5.66. The van der Waals surface area contributed by atoms with E-state index in [1.54, 1.807) is 18.0 Å². The maximum absolute atomic E-state index is 12.9. The molecule has 0 aliphatic carbocycles. The Morgan fingerprint density at radius 3 is 2.70 bits per heavy atom. The number of likely N-dealkylation sites (N-methyl/N-ethyl adjacent to an activating group) is 1. The Hall–Kier alpha value is -2.70. The molecule has 1 heterocycles. The second kappa shape index (κ2) is 8.07. The number of anilines is 1. The number of carbonyl (C=O) groups is 1. The molecular weight excluding hydrogens is 299 g/mol. The van der Waals surface area contributed by atoms with Gasteiger partial charge in [0.15, 0.2) is 0 Å². The molecule has 1 aromatic heterocycles. The molecule has 0 saturated heterocycles. The molecule has 1 N–H and O–H groups in total. The Kier molecular flexibility index (Phi) is 5.85. The van der Waals surface area contributed by atoms with Gasteiger partial charge in [0.1, 0.15) is 17.4 Å². The van der Waals surface area contributed by atoms with Gasteiger partial charge in [0.25, 0.3) is 0 Å². The highest BCUT2D eigenvalue weighted by molar-refractivity contribution is 5.73. The van der Waals surface area contributed by atoms with Gasteiger partial charge < -0.3 is 15.0 Å². The molecule has 2 rings (SSSR count). The number of halogens is 1.